The normalized spacial score (nSPS) is 16.7. The van der Waals surface area contributed by atoms with Gasteiger partial charge < -0.3 is 19.3 Å². The number of likely N-dealkylation sites (N-methyl/N-ethyl adjacent to an activating group) is 1. The average Bonchev–Trinajstić information content (AvgIpc) is 2.79. The third-order valence-corrected chi connectivity index (χ3v) is 5.54. The van der Waals surface area contributed by atoms with Gasteiger partial charge in [0.25, 0.3) is 0 Å². The summed E-state index contributed by atoms with van der Waals surface area (Å²) in [6.07, 6.45) is 1.61. The van der Waals surface area contributed by atoms with Crippen molar-refractivity contribution in [3.05, 3.63) is 36.2 Å². The molecule has 2 aromatic rings. The highest BCUT2D eigenvalue weighted by atomic mass is 16.5. The zero-order valence-corrected chi connectivity index (χ0v) is 19.2. The minimum absolute atomic E-state index is 0.151. The van der Waals surface area contributed by atoms with Crippen LogP contribution in [0.3, 0.4) is 0 Å². The van der Waals surface area contributed by atoms with Crippen molar-refractivity contribution in [2.75, 3.05) is 65.4 Å². The molecule has 168 valence electrons. The van der Waals surface area contributed by atoms with Crippen LogP contribution in [0, 0.1) is 0 Å². The van der Waals surface area contributed by atoms with Crippen LogP contribution in [0.15, 0.2) is 30.5 Å². The molecule has 1 atom stereocenters. The number of carbonyl (C=O) groups excluding carboxylic acids is 1. The second-order valence-electron chi connectivity index (χ2n) is 7.75. The van der Waals surface area contributed by atoms with E-state index in [9.17, 15) is 4.79 Å². The maximum Gasteiger partial charge on any atom is 0.236 e. The van der Waals surface area contributed by atoms with Crippen LogP contribution in [0.2, 0.25) is 0 Å². The van der Waals surface area contributed by atoms with Gasteiger partial charge in [0.1, 0.15) is 11.9 Å². The summed E-state index contributed by atoms with van der Waals surface area (Å²) >= 11 is 0. The number of hydrogen-bond donors (Lipinski definition) is 0. The second kappa shape index (κ2) is 10.5. The molecule has 1 aromatic heterocycles. The summed E-state index contributed by atoms with van der Waals surface area (Å²) in [4.78, 5) is 27.9. The van der Waals surface area contributed by atoms with E-state index in [1.165, 1.54) is 0 Å². The predicted octanol–water partition coefficient (Wildman–Crippen LogP) is 2.46. The van der Waals surface area contributed by atoms with Gasteiger partial charge in [0.15, 0.2) is 0 Å². The first-order chi connectivity index (χ1) is 15.0. The molecular formula is C23H33N5O3. The molecule has 0 spiro atoms. The molecule has 8 heteroatoms. The van der Waals surface area contributed by atoms with Gasteiger partial charge in [-0.3, -0.25) is 9.69 Å². The van der Waals surface area contributed by atoms with Crippen molar-refractivity contribution in [2.24, 2.45) is 0 Å². The largest absolute Gasteiger partial charge is 0.497 e. The van der Waals surface area contributed by atoms with Crippen molar-refractivity contribution in [1.82, 2.24) is 19.8 Å². The number of amides is 1. The fraction of sp³-hybridized carbons (Fsp3) is 0.522. The van der Waals surface area contributed by atoms with Gasteiger partial charge in [0.05, 0.1) is 26.0 Å². The van der Waals surface area contributed by atoms with Gasteiger partial charge in [0.2, 0.25) is 11.9 Å². The lowest BCUT2D eigenvalue weighted by molar-refractivity contribution is -0.134. The van der Waals surface area contributed by atoms with Gasteiger partial charge in [-0.2, -0.15) is 0 Å². The SMILES string of the molecule is CCN(CC)C(=O)CN1CCO[C@@H](c2nc(N(C)C)ncc2-c2ccc(OC)cc2)C1. The Labute approximate surface area is 184 Å². The van der Waals surface area contributed by atoms with Gasteiger partial charge >= 0.3 is 0 Å². The molecular weight excluding hydrogens is 394 g/mol. The number of nitrogens with zero attached hydrogens (tertiary/aromatic N) is 5. The van der Waals surface area contributed by atoms with Crippen molar-refractivity contribution in [1.29, 1.82) is 0 Å². The van der Waals surface area contributed by atoms with E-state index in [-0.39, 0.29) is 12.0 Å². The Hall–Kier alpha value is -2.71. The topological polar surface area (TPSA) is 71.0 Å². The summed E-state index contributed by atoms with van der Waals surface area (Å²) in [5, 5.41) is 0. The van der Waals surface area contributed by atoms with E-state index in [4.69, 9.17) is 14.5 Å². The van der Waals surface area contributed by atoms with Gasteiger partial charge in [-0.1, -0.05) is 12.1 Å². The third kappa shape index (κ3) is 5.51. The molecule has 3 rings (SSSR count). The smallest absolute Gasteiger partial charge is 0.236 e. The number of morpholine rings is 1. The number of carbonyl (C=O) groups is 1. The Kier molecular flexibility index (Phi) is 7.81. The Morgan fingerprint density at radius 3 is 2.55 bits per heavy atom. The van der Waals surface area contributed by atoms with Gasteiger partial charge in [-0.25, -0.2) is 9.97 Å². The van der Waals surface area contributed by atoms with Gasteiger partial charge in [-0.15, -0.1) is 0 Å². The highest BCUT2D eigenvalue weighted by Gasteiger charge is 2.28. The summed E-state index contributed by atoms with van der Waals surface area (Å²) in [5.74, 6) is 1.58. The molecule has 0 N–H and O–H groups in total. The highest BCUT2D eigenvalue weighted by molar-refractivity contribution is 5.78. The molecule has 0 aliphatic carbocycles. The molecule has 31 heavy (non-hydrogen) atoms. The Morgan fingerprint density at radius 2 is 1.94 bits per heavy atom. The lowest BCUT2D eigenvalue weighted by Crippen LogP contribution is -2.45. The molecule has 0 bridgehead atoms. The summed E-state index contributed by atoms with van der Waals surface area (Å²) in [6, 6.07) is 7.85. The molecule has 1 amide bonds. The van der Waals surface area contributed by atoms with Crippen LogP contribution >= 0.6 is 0 Å². The van der Waals surface area contributed by atoms with E-state index in [1.807, 2.05) is 68.2 Å². The molecule has 1 aliphatic rings. The molecule has 8 nitrogen and oxygen atoms in total. The van der Waals surface area contributed by atoms with Crippen molar-refractivity contribution in [3.8, 4) is 16.9 Å². The molecule has 1 fully saturated rings. The molecule has 0 unspecified atom stereocenters. The van der Waals surface area contributed by atoms with Crippen molar-refractivity contribution < 1.29 is 14.3 Å². The van der Waals surface area contributed by atoms with Crippen LogP contribution in [0.4, 0.5) is 5.95 Å². The number of benzene rings is 1. The van der Waals surface area contributed by atoms with Crippen LogP contribution in [0.25, 0.3) is 11.1 Å². The van der Waals surface area contributed by atoms with E-state index >= 15 is 0 Å². The Morgan fingerprint density at radius 1 is 1.23 bits per heavy atom. The third-order valence-electron chi connectivity index (χ3n) is 5.54. The summed E-state index contributed by atoms with van der Waals surface area (Å²) in [6.45, 7) is 7.76. The predicted molar refractivity (Wildman–Crippen MR) is 121 cm³/mol. The number of anilines is 1. The molecule has 1 aromatic carbocycles. The van der Waals surface area contributed by atoms with E-state index in [0.29, 0.717) is 25.6 Å². The van der Waals surface area contributed by atoms with E-state index in [1.54, 1.807) is 7.11 Å². The Bertz CT molecular complexity index is 868. The molecule has 1 saturated heterocycles. The fourth-order valence-corrected chi connectivity index (χ4v) is 3.72. The quantitative estimate of drug-likeness (QED) is 0.641. The van der Waals surface area contributed by atoms with Crippen molar-refractivity contribution in [2.45, 2.75) is 20.0 Å². The number of aromatic nitrogens is 2. The van der Waals surface area contributed by atoms with E-state index in [2.05, 4.69) is 9.88 Å². The monoisotopic (exact) mass is 427 g/mol. The molecule has 1 aliphatic heterocycles. The Balaban J connectivity index is 1.88. The van der Waals surface area contributed by atoms with E-state index < -0.39 is 0 Å². The maximum absolute atomic E-state index is 12.6. The first-order valence-corrected chi connectivity index (χ1v) is 10.8. The van der Waals surface area contributed by atoms with Crippen molar-refractivity contribution in [3.63, 3.8) is 0 Å². The lowest BCUT2D eigenvalue weighted by Gasteiger charge is -2.34. The second-order valence-corrected chi connectivity index (χ2v) is 7.75. The summed E-state index contributed by atoms with van der Waals surface area (Å²) in [7, 11) is 5.49. The first-order valence-electron chi connectivity index (χ1n) is 10.8. The molecule has 2 heterocycles. The highest BCUT2D eigenvalue weighted by Crippen LogP contribution is 2.32. The van der Waals surface area contributed by atoms with Crippen LogP contribution in [-0.4, -0.2) is 86.2 Å². The van der Waals surface area contributed by atoms with Crippen molar-refractivity contribution >= 4 is 11.9 Å². The average molecular weight is 428 g/mol. The number of methoxy groups -OCH3 is 1. The van der Waals surface area contributed by atoms with Crippen LogP contribution in [0.1, 0.15) is 25.6 Å². The number of hydrogen-bond acceptors (Lipinski definition) is 7. The minimum Gasteiger partial charge on any atom is -0.497 e. The number of rotatable bonds is 8. The fourth-order valence-electron chi connectivity index (χ4n) is 3.72. The number of ether oxygens (including phenoxy) is 2. The lowest BCUT2D eigenvalue weighted by atomic mass is 10.0. The van der Waals surface area contributed by atoms with Crippen LogP contribution in [0.5, 0.6) is 5.75 Å². The van der Waals surface area contributed by atoms with Crippen LogP contribution in [-0.2, 0) is 9.53 Å². The molecule has 0 radical (unpaired) electrons. The standard InChI is InChI=1S/C23H33N5O3/c1-6-28(7-2)21(29)16-27-12-13-31-20(15-27)22-19(14-24-23(25-22)26(3)4)17-8-10-18(30-5)11-9-17/h8-11,14,20H,6-7,12-13,15-16H2,1-5H3/t20-/m1/s1. The minimum atomic E-state index is -0.239. The van der Waals surface area contributed by atoms with Crippen LogP contribution < -0.4 is 9.64 Å². The first kappa shape index (κ1) is 23.0. The maximum atomic E-state index is 12.6. The van der Waals surface area contributed by atoms with E-state index in [0.717, 1.165) is 42.2 Å². The molecule has 0 saturated carbocycles. The summed E-state index contributed by atoms with van der Waals surface area (Å²) < 4.78 is 11.4. The van der Waals surface area contributed by atoms with Gasteiger partial charge in [0, 0.05) is 52.0 Å². The zero-order chi connectivity index (χ0) is 22.4. The zero-order valence-electron chi connectivity index (χ0n) is 19.2. The van der Waals surface area contributed by atoms with Gasteiger partial charge in [-0.05, 0) is 31.5 Å². The summed E-state index contributed by atoms with van der Waals surface area (Å²) in [5.41, 5.74) is 2.76.